The van der Waals surface area contributed by atoms with Crippen molar-refractivity contribution >= 4 is 62.6 Å². The molecule has 0 aliphatic heterocycles. The third-order valence-electron chi connectivity index (χ3n) is 5.68. The zero-order chi connectivity index (χ0) is 21.2. The van der Waals surface area contributed by atoms with Crippen molar-refractivity contribution in [2.45, 2.75) is 49.6 Å². The zero-order valence-electron chi connectivity index (χ0n) is 16.7. The van der Waals surface area contributed by atoms with Crippen LogP contribution in [0, 0.1) is 11.3 Å². The van der Waals surface area contributed by atoms with Crippen LogP contribution in [0.15, 0.2) is 45.3 Å². The van der Waals surface area contributed by atoms with Crippen molar-refractivity contribution in [1.29, 1.82) is 5.26 Å². The molecule has 2 unspecified atom stereocenters. The molecule has 2 atom stereocenters. The minimum Gasteiger partial charge on any atom is -0.480 e. The highest BCUT2D eigenvalue weighted by atomic mass is 79.9. The number of hydrogen-bond donors (Lipinski definition) is 3. The first kappa shape index (κ1) is 27.9. The number of nitrogens with two attached hydrogens (primary N) is 2. The molecule has 0 fully saturated rings. The number of aliphatic carboxylic acids is 1. The highest BCUT2D eigenvalue weighted by Crippen LogP contribution is 2.30. The van der Waals surface area contributed by atoms with Gasteiger partial charge in [-0.25, -0.2) is 0 Å². The highest BCUT2D eigenvalue weighted by Gasteiger charge is 2.37. The number of halogens is 4. The Labute approximate surface area is 211 Å². The van der Waals surface area contributed by atoms with Crippen molar-refractivity contribution in [2.24, 2.45) is 11.5 Å². The van der Waals surface area contributed by atoms with Crippen LogP contribution in [0.3, 0.4) is 0 Å². The third-order valence-corrected chi connectivity index (χ3v) is 6.66. The second kappa shape index (κ2) is 11.1. The number of rotatable bonds is 1. The molecular formula is C22H25Br2Cl2N3O2. The normalized spacial score (nSPS) is 23.3. The number of benzene rings is 2. The first-order valence-electron chi connectivity index (χ1n) is 9.41. The van der Waals surface area contributed by atoms with Gasteiger partial charge in [-0.1, -0.05) is 44.0 Å². The number of carbonyl (C=O) groups is 1. The molecule has 2 aliphatic carbocycles. The number of carboxylic acid groups (broad SMARTS) is 1. The molecule has 9 heteroatoms. The van der Waals surface area contributed by atoms with Gasteiger partial charge in [-0.3, -0.25) is 4.79 Å². The number of fused-ring (bicyclic) bond motifs is 2. The average Bonchev–Trinajstić information content (AvgIpc) is 2.67. The third kappa shape index (κ3) is 6.67. The molecule has 0 radical (unpaired) electrons. The van der Waals surface area contributed by atoms with Crippen LogP contribution in [0.2, 0.25) is 0 Å². The fourth-order valence-corrected chi connectivity index (χ4v) is 4.67. The molecule has 2 aromatic carbocycles. The van der Waals surface area contributed by atoms with Crippen LogP contribution in [0.5, 0.6) is 0 Å². The monoisotopic (exact) mass is 591 g/mol. The van der Waals surface area contributed by atoms with Gasteiger partial charge in [-0.15, -0.1) is 24.8 Å². The lowest BCUT2D eigenvalue weighted by atomic mass is 9.79. The smallest absolute Gasteiger partial charge is 0.324 e. The van der Waals surface area contributed by atoms with Crippen molar-refractivity contribution in [2.75, 3.05) is 0 Å². The number of aryl methyl sites for hydroxylation is 2. The van der Waals surface area contributed by atoms with E-state index in [1.54, 1.807) is 0 Å². The molecule has 4 rings (SSSR count). The Morgan fingerprint density at radius 3 is 1.87 bits per heavy atom. The van der Waals surface area contributed by atoms with E-state index in [0.717, 1.165) is 33.8 Å². The summed E-state index contributed by atoms with van der Waals surface area (Å²) in [6, 6.07) is 14.4. The maximum absolute atomic E-state index is 11.0. The molecule has 0 saturated heterocycles. The van der Waals surface area contributed by atoms with E-state index in [0.29, 0.717) is 19.3 Å². The Morgan fingerprint density at radius 2 is 1.39 bits per heavy atom. The van der Waals surface area contributed by atoms with E-state index >= 15 is 0 Å². The van der Waals surface area contributed by atoms with Gasteiger partial charge in [0.05, 0.1) is 6.07 Å². The number of nitrogens with zero attached hydrogens (tertiary/aromatic N) is 1. The Kier molecular flexibility index (Phi) is 10.0. The van der Waals surface area contributed by atoms with Gasteiger partial charge >= 0.3 is 5.97 Å². The number of nitriles is 1. The van der Waals surface area contributed by atoms with Gasteiger partial charge in [0.25, 0.3) is 0 Å². The summed E-state index contributed by atoms with van der Waals surface area (Å²) in [6.45, 7) is 0. The maximum atomic E-state index is 11.0. The van der Waals surface area contributed by atoms with Crippen molar-refractivity contribution < 1.29 is 9.90 Å². The lowest BCUT2D eigenvalue weighted by molar-refractivity contribution is -0.143. The summed E-state index contributed by atoms with van der Waals surface area (Å²) in [4.78, 5) is 11.0. The van der Waals surface area contributed by atoms with Gasteiger partial charge in [0.15, 0.2) is 0 Å². The van der Waals surface area contributed by atoms with E-state index in [1.165, 1.54) is 16.7 Å². The van der Waals surface area contributed by atoms with Crippen molar-refractivity contribution in [3.8, 4) is 6.07 Å². The van der Waals surface area contributed by atoms with Gasteiger partial charge < -0.3 is 16.6 Å². The average molecular weight is 594 g/mol. The lowest BCUT2D eigenvalue weighted by Gasteiger charge is -2.30. The molecule has 0 bridgehead atoms. The summed E-state index contributed by atoms with van der Waals surface area (Å²) < 4.78 is 2.02. The molecule has 5 nitrogen and oxygen atoms in total. The minimum absolute atomic E-state index is 0. The van der Waals surface area contributed by atoms with Crippen LogP contribution >= 0.6 is 56.7 Å². The van der Waals surface area contributed by atoms with E-state index in [1.807, 2.05) is 24.3 Å². The largest absolute Gasteiger partial charge is 0.480 e. The first-order chi connectivity index (χ1) is 13.6. The lowest BCUT2D eigenvalue weighted by Crippen LogP contribution is -2.52. The molecule has 0 amide bonds. The summed E-state index contributed by atoms with van der Waals surface area (Å²) in [5, 5.41) is 18.0. The highest BCUT2D eigenvalue weighted by molar-refractivity contribution is 9.10. The Morgan fingerprint density at radius 1 is 0.903 bits per heavy atom. The summed E-state index contributed by atoms with van der Waals surface area (Å²) in [7, 11) is 0. The molecule has 0 saturated carbocycles. The van der Waals surface area contributed by atoms with Gasteiger partial charge in [0, 0.05) is 21.8 Å². The van der Waals surface area contributed by atoms with Crippen LogP contribution < -0.4 is 11.5 Å². The van der Waals surface area contributed by atoms with Crippen molar-refractivity contribution in [3.05, 3.63) is 67.6 Å². The van der Waals surface area contributed by atoms with Gasteiger partial charge in [0.2, 0.25) is 0 Å². The molecule has 0 heterocycles. The van der Waals surface area contributed by atoms with Gasteiger partial charge in [-0.2, -0.15) is 5.26 Å². The quantitative estimate of drug-likeness (QED) is 0.443. The Bertz CT molecular complexity index is 999. The van der Waals surface area contributed by atoms with Crippen LogP contribution in [-0.4, -0.2) is 22.2 Å². The minimum atomic E-state index is -1.09. The Balaban J connectivity index is 0.000000292. The van der Waals surface area contributed by atoms with Gasteiger partial charge in [0.1, 0.15) is 11.1 Å². The predicted octanol–water partition coefficient (Wildman–Crippen LogP) is 4.72. The van der Waals surface area contributed by atoms with Crippen molar-refractivity contribution in [3.63, 3.8) is 0 Å². The van der Waals surface area contributed by atoms with Crippen molar-refractivity contribution in [1.82, 2.24) is 0 Å². The van der Waals surface area contributed by atoms with Gasteiger partial charge in [-0.05, 0) is 72.2 Å². The van der Waals surface area contributed by atoms with Crippen LogP contribution in [0.4, 0.5) is 0 Å². The molecule has 0 spiro atoms. The fourth-order valence-electron chi connectivity index (χ4n) is 3.86. The number of carboxylic acids is 1. The zero-order valence-corrected chi connectivity index (χ0v) is 21.5. The summed E-state index contributed by atoms with van der Waals surface area (Å²) >= 11 is 6.80. The van der Waals surface area contributed by atoms with E-state index in [2.05, 4.69) is 50.1 Å². The molecule has 31 heavy (non-hydrogen) atoms. The maximum Gasteiger partial charge on any atom is 0.324 e. The van der Waals surface area contributed by atoms with E-state index < -0.39 is 17.0 Å². The molecule has 2 aliphatic rings. The molecule has 2 aromatic rings. The van der Waals surface area contributed by atoms with Crippen LogP contribution in [-0.2, 0) is 30.5 Å². The predicted molar refractivity (Wildman–Crippen MR) is 134 cm³/mol. The topological polar surface area (TPSA) is 113 Å². The van der Waals surface area contributed by atoms with Crippen LogP contribution in [0.1, 0.15) is 35.1 Å². The number of hydrogen-bond acceptors (Lipinski definition) is 4. The SMILES string of the molecule is Cl.Cl.N#CC1(N)CCc2ccc(Br)cc2C1.NC1(C(=O)O)CCc2ccc(Br)cc2C1. The van der Waals surface area contributed by atoms with E-state index in [9.17, 15) is 4.79 Å². The van der Waals surface area contributed by atoms with E-state index in [-0.39, 0.29) is 24.8 Å². The fraction of sp³-hybridized carbons (Fsp3) is 0.364. The van der Waals surface area contributed by atoms with Crippen LogP contribution in [0.25, 0.3) is 0 Å². The molecule has 168 valence electrons. The molecular weight excluding hydrogens is 569 g/mol. The second-order valence-corrected chi connectivity index (χ2v) is 9.74. The standard InChI is InChI=1S/C11H11BrN2.C11H12BrNO2.2ClH/c12-10-2-1-8-3-4-11(14,7-13)6-9(8)5-10;12-9-2-1-7-3-4-11(13,10(14)15)6-8(7)5-9;;/h1-2,5H,3-4,6,14H2;1-2,5H,3-4,6,13H2,(H,14,15);2*1H. The summed E-state index contributed by atoms with van der Waals surface area (Å²) in [5.41, 5.74) is 14.8. The van der Waals surface area contributed by atoms with E-state index in [4.69, 9.17) is 21.8 Å². The first-order valence-corrected chi connectivity index (χ1v) is 11.0. The molecule has 5 N–H and O–H groups in total. The summed E-state index contributed by atoms with van der Waals surface area (Å²) in [5.74, 6) is -0.909. The summed E-state index contributed by atoms with van der Waals surface area (Å²) in [6.07, 6.45) is 4.00. The second-order valence-electron chi connectivity index (χ2n) is 7.91. The Hall–Kier alpha value is -1.14. The molecule has 0 aromatic heterocycles.